The molecule has 2 N–H and O–H groups in total. The van der Waals surface area contributed by atoms with Crippen molar-refractivity contribution in [3.8, 4) is 11.3 Å². The van der Waals surface area contributed by atoms with Crippen molar-refractivity contribution in [2.75, 3.05) is 5.32 Å². The molecule has 0 saturated heterocycles. The maximum absolute atomic E-state index is 12.7. The van der Waals surface area contributed by atoms with Crippen molar-refractivity contribution in [1.29, 1.82) is 0 Å². The zero-order chi connectivity index (χ0) is 19.2. The highest BCUT2D eigenvalue weighted by Crippen LogP contribution is 2.26. The average Bonchev–Trinajstić information content (AvgIpc) is 3.36. The first kappa shape index (κ1) is 17.9. The van der Waals surface area contributed by atoms with Crippen LogP contribution in [0.15, 0.2) is 84.2 Å². The summed E-state index contributed by atoms with van der Waals surface area (Å²) in [5.74, 6) is 0.752. The third kappa shape index (κ3) is 4.06. The smallest absolute Gasteiger partial charge is 0.327 e. The molecular weight excluding hydrogens is 350 g/mol. The van der Waals surface area contributed by atoms with Gasteiger partial charge in [-0.25, -0.2) is 9.78 Å². The lowest BCUT2D eigenvalue weighted by Crippen LogP contribution is -2.18. The highest BCUT2D eigenvalue weighted by atomic mass is 16.1. The minimum atomic E-state index is -0.0972. The molecule has 0 radical (unpaired) electrons. The fourth-order valence-corrected chi connectivity index (χ4v) is 3.32. The average molecular weight is 373 g/mol. The first-order valence-electron chi connectivity index (χ1n) is 9.43. The van der Waals surface area contributed by atoms with Crippen molar-refractivity contribution in [3.63, 3.8) is 0 Å². The van der Waals surface area contributed by atoms with Crippen LogP contribution in [0.5, 0.6) is 0 Å². The van der Waals surface area contributed by atoms with Crippen molar-refractivity contribution in [1.82, 2.24) is 19.1 Å². The summed E-state index contributed by atoms with van der Waals surface area (Å²) >= 11 is 0. The molecule has 6 heteroatoms. The SMILES string of the molecule is O=c1[nH]c(NCc2ccccc2)c(-c2ccccc2)n1CCCn1ccnc1. The van der Waals surface area contributed by atoms with E-state index in [2.05, 4.69) is 27.4 Å². The third-order valence-electron chi connectivity index (χ3n) is 4.70. The number of aromatic amines is 1. The highest BCUT2D eigenvalue weighted by Gasteiger charge is 2.15. The maximum Gasteiger partial charge on any atom is 0.327 e. The number of hydrogen-bond donors (Lipinski definition) is 2. The Bertz CT molecular complexity index is 1050. The van der Waals surface area contributed by atoms with E-state index in [0.29, 0.717) is 13.1 Å². The molecule has 0 aliphatic carbocycles. The van der Waals surface area contributed by atoms with E-state index in [0.717, 1.165) is 35.6 Å². The van der Waals surface area contributed by atoms with Gasteiger partial charge in [0, 0.05) is 37.6 Å². The second kappa shape index (κ2) is 8.43. The molecule has 4 rings (SSSR count). The van der Waals surface area contributed by atoms with Gasteiger partial charge >= 0.3 is 5.69 Å². The van der Waals surface area contributed by atoms with E-state index in [9.17, 15) is 4.79 Å². The minimum Gasteiger partial charge on any atom is -0.366 e. The van der Waals surface area contributed by atoms with E-state index < -0.39 is 0 Å². The maximum atomic E-state index is 12.7. The van der Waals surface area contributed by atoms with Gasteiger partial charge in [0.25, 0.3) is 0 Å². The Balaban J connectivity index is 1.59. The molecule has 28 heavy (non-hydrogen) atoms. The lowest BCUT2D eigenvalue weighted by molar-refractivity contribution is 0.557. The summed E-state index contributed by atoms with van der Waals surface area (Å²) in [6, 6.07) is 20.2. The van der Waals surface area contributed by atoms with Crippen LogP contribution in [0.4, 0.5) is 5.82 Å². The monoisotopic (exact) mass is 373 g/mol. The van der Waals surface area contributed by atoms with Gasteiger partial charge in [0.15, 0.2) is 0 Å². The van der Waals surface area contributed by atoms with Crippen LogP contribution in [0.25, 0.3) is 11.3 Å². The Morgan fingerprint density at radius 1 is 0.964 bits per heavy atom. The van der Waals surface area contributed by atoms with Crippen LogP contribution in [0.2, 0.25) is 0 Å². The Kier molecular flexibility index (Phi) is 5.38. The van der Waals surface area contributed by atoms with Gasteiger partial charge in [-0.2, -0.15) is 0 Å². The highest BCUT2D eigenvalue weighted by molar-refractivity contribution is 5.72. The molecule has 0 bridgehead atoms. The predicted octanol–water partition coefficient (Wildman–Crippen LogP) is 3.74. The van der Waals surface area contributed by atoms with E-state index in [1.54, 1.807) is 12.5 Å². The van der Waals surface area contributed by atoms with Gasteiger partial charge in [0.1, 0.15) is 5.82 Å². The lowest BCUT2D eigenvalue weighted by atomic mass is 10.1. The van der Waals surface area contributed by atoms with E-state index in [1.807, 2.05) is 63.9 Å². The minimum absolute atomic E-state index is 0.0972. The molecule has 2 heterocycles. The molecule has 2 aromatic heterocycles. The summed E-state index contributed by atoms with van der Waals surface area (Å²) in [6.07, 6.45) is 6.34. The number of aromatic nitrogens is 4. The largest absolute Gasteiger partial charge is 0.366 e. The van der Waals surface area contributed by atoms with Gasteiger partial charge in [-0.3, -0.25) is 9.55 Å². The Morgan fingerprint density at radius 2 is 1.71 bits per heavy atom. The third-order valence-corrected chi connectivity index (χ3v) is 4.70. The van der Waals surface area contributed by atoms with Gasteiger partial charge in [-0.15, -0.1) is 0 Å². The summed E-state index contributed by atoms with van der Waals surface area (Å²) in [4.78, 5) is 19.8. The van der Waals surface area contributed by atoms with Crippen LogP contribution in [-0.4, -0.2) is 19.1 Å². The van der Waals surface area contributed by atoms with E-state index in [1.165, 1.54) is 0 Å². The number of hydrogen-bond acceptors (Lipinski definition) is 3. The summed E-state index contributed by atoms with van der Waals surface area (Å²) in [6.45, 7) is 2.10. The van der Waals surface area contributed by atoms with Crippen molar-refractivity contribution < 1.29 is 0 Å². The Hall–Kier alpha value is -3.54. The molecule has 0 saturated carbocycles. The fraction of sp³-hybridized carbons (Fsp3) is 0.182. The second-order valence-corrected chi connectivity index (χ2v) is 6.66. The molecule has 0 aliphatic rings. The molecule has 142 valence electrons. The van der Waals surface area contributed by atoms with Crippen molar-refractivity contribution >= 4 is 5.82 Å². The quantitative estimate of drug-likeness (QED) is 0.494. The first-order valence-corrected chi connectivity index (χ1v) is 9.43. The van der Waals surface area contributed by atoms with Crippen LogP contribution in [0.1, 0.15) is 12.0 Å². The lowest BCUT2D eigenvalue weighted by Gasteiger charge is -2.11. The number of benzene rings is 2. The molecule has 2 aromatic carbocycles. The van der Waals surface area contributed by atoms with E-state index in [4.69, 9.17) is 0 Å². The molecular formula is C22H23N5O. The Morgan fingerprint density at radius 3 is 2.43 bits per heavy atom. The molecule has 0 atom stereocenters. The van der Waals surface area contributed by atoms with Crippen LogP contribution < -0.4 is 11.0 Å². The molecule has 0 fully saturated rings. The zero-order valence-corrected chi connectivity index (χ0v) is 15.6. The molecule has 4 aromatic rings. The first-order chi connectivity index (χ1) is 13.8. The number of imidazole rings is 2. The summed E-state index contributed by atoms with van der Waals surface area (Å²) in [5.41, 5.74) is 2.97. The zero-order valence-electron chi connectivity index (χ0n) is 15.6. The van der Waals surface area contributed by atoms with E-state index in [-0.39, 0.29) is 5.69 Å². The normalized spacial score (nSPS) is 10.9. The molecule has 0 spiro atoms. The van der Waals surface area contributed by atoms with Crippen molar-refractivity contribution in [2.24, 2.45) is 0 Å². The summed E-state index contributed by atoms with van der Waals surface area (Å²) in [7, 11) is 0. The number of nitrogens with one attached hydrogen (secondary N) is 2. The van der Waals surface area contributed by atoms with Gasteiger partial charge in [0.05, 0.1) is 12.0 Å². The number of aryl methyl sites for hydroxylation is 1. The topological polar surface area (TPSA) is 67.6 Å². The van der Waals surface area contributed by atoms with E-state index >= 15 is 0 Å². The summed E-state index contributed by atoms with van der Waals surface area (Å²) < 4.78 is 3.84. The standard InChI is InChI=1S/C22H23N5O/c28-22-25-21(24-16-18-8-3-1-4-9-18)20(19-10-5-2-6-11-19)27(22)14-7-13-26-15-12-23-17-26/h1-6,8-12,15,17,24H,7,13-14,16H2,(H,25,28). The molecule has 0 aliphatic heterocycles. The van der Waals surface area contributed by atoms with Crippen LogP contribution >= 0.6 is 0 Å². The molecule has 0 amide bonds. The van der Waals surface area contributed by atoms with Crippen LogP contribution in [0.3, 0.4) is 0 Å². The van der Waals surface area contributed by atoms with Crippen molar-refractivity contribution in [3.05, 3.63) is 95.4 Å². The van der Waals surface area contributed by atoms with Gasteiger partial charge in [0.2, 0.25) is 0 Å². The second-order valence-electron chi connectivity index (χ2n) is 6.66. The summed E-state index contributed by atoms with van der Waals surface area (Å²) in [5, 5.41) is 3.40. The number of anilines is 1. The fourth-order valence-electron chi connectivity index (χ4n) is 3.32. The molecule has 0 unspecified atom stereocenters. The van der Waals surface area contributed by atoms with Crippen LogP contribution in [0, 0.1) is 0 Å². The van der Waals surface area contributed by atoms with Crippen molar-refractivity contribution in [2.45, 2.75) is 26.1 Å². The Labute approximate surface area is 163 Å². The number of H-pyrrole nitrogens is 1. The van der Waals surface area contributed by atoms with Gasteiger partial charge in [-0.1, -0.05) is 60.7 Å². The predicted molar refractivity (Wildman–Crippen MR) is 111 cm³/mol. The van der Waals surface area contributed by atoms with Gasteiger partial charge in [-0.05, 0) is 12.0 Å². The number of rotatable bonds is 8. The van der Waals surface area contributed by atoms with Gasteiger partial charge < -0.3 is 9.88 Å². The van der Waals surface area contributed by atoms with Crippen LogP contribution in [-0.2, 0) is 19.6 Å². The number of nitrogens with zero attached hydrogens (tertiary/aromatic N) is 3. The molecule has 6 nitrogen and oxygen atoms in total.